The maximum atomic E-state index is 12.8. The van der Waals surface area contributed by atoms with Crippen LogP contribution in [0.4, 0.5) is 4.39 Å². The Kier molecular flexibility index (Phi) is 4.54. The van der Waals surface area contributed by atoms with Gasteiger partial charge in [0.05, 0.1) is 5.75 Å². The summed E-state index contributed by atoms with van der Waals surface area (Å²) in [5, 5.41) is 3.21. The molecular formula is C13H19FN2O2S. The van der Waals surface area contributed by atoms with Crippen LogP contribution in [0.5, 0.6) is 0 Å². The predicted molar refractivity (Wildman–Crippen MR) is 72.7 cm³/mol. The van der Waals surface area contributed by atoms with E-state index in [0.29, 0.717) is 5.56 Å². The second kappa shape index (κ2) is 5.98. The van der Waals surface area contributed by atoms with Gasteiger partial charge in [0, 0.05) is 13.1 Å². The molecule has 0 aliphatic carbocycles. The van der Waals surface area contributed by atoms with E-state index in [0.717, 1.165) is 25.9 Å². The van der Waals surface area contributed by atoms with Gasteiger partial charge in [-0.2, -0.15) is 0 Å². The molecule has 1 saturated heterocycles. The molecule has 106 valence electrons. The topological polar surface area (TPSA) is 49.4 Å². The van der Waals surface area contributed by atoms with Crippen molar-refractivity contribution in [2.75, 3.05) is 20.1 Å². The molecule has 0 spiro atoms. The van der Waals surface area contributed by atoms with Gasteiger partial charge >= 0.3 is 0 Å². The molecule has 1 aromatic carbocycles. The largest absolute Gasteiger partial charge is 0.317 e. The third kappa shape index (κ3) is 3.75. The highest BCUT2D eigenvalue weighted by Crippen LogP contribution is 2.17. The first-order valence-corrected chi connectivity index (χ1v) is 8.01. The van der Waals surface area contributed by atoms with Crippen LogP contribution in [-0.4, -0.2) is 38.9 Å². The number of rotatable bonds is 4. The van der Waals surface area contributed by atoms with Crippen LogP contribution in [-0.2, 0) is 15.8 Å². The molecule has 1 aliphatic heterocycles. The van der Waals surface area contributed by atoms with Crippen molar-refractivity contribution in [2.45, 2.75) is 24.6 Å². The van der Waals surface area contributed by atoms with Gasteiger partial charge in [0.2, 0.25) is 10.0 Å². The molecule has 0 aromatic heterocycles. The van der Waals surface area contributed by atoms with Crippen LogP contribution in [0.2, 0.25) is 0 Å². The van der Waals surface area contributed by atoms with Crippen LogP contribution in [0, 0.1) is 5.82 Å². The van der Waals surface area contributed by atoms with Gasteiger partial charge in [0.15, 0.2) is 0 Å². The molecular weight excluding hydrogens is 267 g/mol. The van der Waals surface area contributed by atoms with E-state index in [-0.39, 0.29) is 17.6 Å². The van der Waals surface area contributed by atoms with Crippen molar-refractivity contribution in [3.63, 3.8) is 0 Å². The van der Waals surface area contributed by atoms with Gasteiger partial charge in [-0.3, -0.25) is 0 Å². The van der Waals surface area contributed by atoms with Crippen molar-refractivity contribution in [3.8, 4) is 0 Å². The summed E-state index contributed by atoms with van der Waals surface area (Å²) in [6.07, 6.45) is 1.66. The summed E-state index contributed by atoms with van der Waals surface area (Å²) in [4.78, 5) is 0. The molecule has 19 heavy (non-hydrogen) atoms. The van der Waals surface area contributed by atoms with Gasteiger partial charge in [0.1, 0.15) is 5.82 Å². The molecule has 0 saturated carbocycles. The van der Waals surface area contributed by atoms with Gasteiger partial charge in [-0.1, -0.05) is 12.1 Å². The smallest absolute Gasteiger partial charge is 0.218 e. The molecule has 0 amide bonds. The fourth-order valence-corrected chi connectivity index (χ4v) is 3.77. The Morgan fingerprint density at radius 2 is 1.84 bits per heavy atom. The lowest BCUT2D eigenvalue weighted by Gasteiger charge is -2.30. The Bertz CT molecular complexity index is 510. The summed E-state index contributed by atoms with van der Waals surface area (Å²) >= 11 is 0. The Labute approximate surface area is 113 Å². The molecule has 4 nitrogen and oxygen atoms in total. The number of nitrogens with zero attached hydrogens (tertiary/aromatic N) is 1. The second-order valence-electron chi connectivity index (χ2n) is 4.88. The average molecular weight is 286 g/mol. The highest BCUT2D eigenvalue weighted by atomic mass is 32.2. The monoisotopic (exact) mass is 286 g/mol. The molecule has 1 fully saturated rings. The highest BCUT2D eigenvalue weighted by molar-refractivity contribution is 7.88. The van der Waals surface area contributed by atoms with Crippen molar-refractivity contribution in [2.24, 2.45) is 0 Å². The van der Waals surface area contributed by atoms with Crippen molar-refractivity contribution in [1.82, 2.24) is 9.62 Å². The van der Waals surface area contributed by atoms with Crippen LogP contribution in [0.3, 0.4) is 0 Å². The first kappa shape index (κ1) is 14.4. The molecule has 0 radical (unpaired) electrons. The summed E-state index contributed by atoms with van der Waals surface area (Å²) in [6, 6.07) is 5.67. The third-order valence-electron chi connectivity index (χ3n) is 3.52. The van der Waals surface area contributed by atoms with E-state index in [1.807, 2.05) is 0 Å². The number of piperidine rings is 1. The molecule has 1 N–H and O–H groups in total. The van der Waals surface area contributed by atoms with Gasteiger partial charge in [-0.05, 0) is 43.6 Å². The van der Waals surface area contributed by atoms with Gasteiger partial charge < -0.3 is 5.32 Å². The van der Waals surface area contributed by atoms with Crippen molar-refractivity contribution in [1.29, 1.82) is 0 Å². The molecule has 1 heterocycles. The first-order chi connectivity index (χ1) is 8.99. The molecule has 0 bridgehead atoms. The highest BCUT2D eigenvalue weighted by Gasteiger charge is 2.27. The lowest BCUT2D eigenvalue weighted by molar-refractivity contribution is 0.296. The van der Waals surface area contributed by atoms with E-state index in [1.54, 1.807) is 7.05 Å². The van der Waals surface area contributed by atoms with Crippen LogP contribution in [0.1, 0.15) is 18.4 Å². The van der Waals surface area contributed by atoms with E-state index in [1.165, 1.54) is 28.6 Å². The maximum absolute atomic E-state index is 12.8. The van der Waals surface area contributed by atoms with E-state index in [4.69, 9.17) is 0 Å². The lowest BCUT2D eigenvalue weighted by Crippen LogP contribution is -2.44. The normalized spacial score (nSPS) is 17.8. The van der Waals surface area contributed by atoms with E-state index in [2.05, 4.69) is 5.32 Å². The number of benzene rings is 1. The summed E-state index contributed by atoms with van der Waals surface area (Å²) in [7, 11) is -1.71. The zero-order chi connectivity index (χ0) is 13.9. The zero-order valence-corrected chi connectivity index (χ0v) is 11.8. The number of hydrogen-bond donors (Lipinski definition) is 1. The van der Waals surface area contributed by atoms with Crippen LogP contribution >= 0.6 is 0 Å². The minimum absolute atomic E-state index is 0.0618. The number of halogens is 1. The first-order valence-electron chi connectivity index (χ1n) is 6.40. The fraction of sp³-hybridized carbons (Fsp3) is 0.538. The molecule has 1 aliphatic rings. The van der Waals surface area contributed by atoms with Gasteiger partial charge in [-0.15, -0.1) is 0 Å². The van der Waals surface area contributed by atoms with Crippen LogP contribution in [0.15, 0.2) is 24.3 Å². The SMILES string of the molecule is CN(C1CCNCC1)S(=O)(=O)Cc1ccc(F)cc1. The van der Waals surface area contributed by atoms with Crippen molar-refractivity contribution in [3.05, 3.63) is 35.6 Å². The average Bonchev–Trinajstić information content (AvgIpc) is 2.41. The van der Waals surface area contributed by atoms with E-state index < -0.39 is 10.0 Å². The molecule has 2 rings (SSSR count). The Balaban J connectivity index is 2.06. The van der Waals surface area contributed by atoms with Crippen LogP contribution in [0.25, 0.3) is 0 Å². The Morgan fingerprint density at radius 1 is 1.26 bits per heavy atom. The molecule has 6 heteroatoms. The van der Waals surface area contributed by atoms with E-state index in [9.17, 15) is 12.8 Å². The maximum Gasteiger partial charge on any atom is 0.218 e. The predicted octanol–water partition coefficient (Wildman–Crippen LogP) is 1.34. The number of hydrogen-bond acceptors (Lipinski definition) is 3. The fourth-order valence-electron chi connectivity index (χ4n) is 2.29. The molecule has 0 unspecified atom stereocenters. The minimum atomic E-state index is -3.34. The van der Waals surface area contributed by atoms with Crippen LogP contribution < -0.4 is 5.32 Å². The number of sulfonamides is 1. The Morgan fingerprint density at radius 3 is 2.42 bits per heavy atom. The van der Waals surface area contributed by atoms with Gasteiger partial charge in [-0.25, -0.2) is 17.1 Å². The minimum Gasteiger partial charge on any atom is -0.317 e. The molecule has 0 atom stereocenters. The Hall–Kier alpha value is -0.980. The third-order valence-corrected chi connectivity index (χ3v) is 5.40. The van der Waals surface area contributed by atoms with E-state index >= 15 is 0 Å². The summed E-state index contributed by atoms with van der Waals surface area (Å²) in [5.74, 6) is -0.430. The lowest BCUT2D eigenvalue weighted by atomic mass is 10.1. The van der Waals surface area contributed by atoms with Crippen molar-refractivity contribution >= 4 is 10.0 Å². The van der Waals surface area contributed by atoms with Gasteiger partial charge in [0.25, 0.3) is 0 Å². The standard InChI is InChI=1S/C13H19FN2O2S/c1-16(13-6-8-15-9-7-13)19(17,18)10-11-2-4-12(14)5-3-11/h2-5,13,15H,6-10H2,1H3. The van der Waals surface area contributed by atoms with Crippen molar-refractivity contribution < 1.29 is 12.8 Å². The number of nitrogens with one attached hydrogen (secondary N) is 1. The summed E-state index contributed by atoms with van der Waals surface area (Å²) in [5.41, 5.74) is 0.613. The summed E-state index contributed by atoms with van der Waals surface area (Å²) < 4.78 is 38.9. The zero-order valence-electron chi connectivity index (χ0n) is 11.0. The quantitative estimate of drug-likeness (QED) is 0.908. The summed E-state index contributed by atoms with van der Waals surface area (Å²) in [6.45, 7) is 1.70. The molecule has 1 aromatic rings. The second-order valence-corrected chi connectivity index (χ2v) is 6.91.